The number of Topliss-reactive ketones (excluding diaryl/α,β-unsaturated/α-hetero) is 1. The third-order valence-electron chi connectivity index (χ3n) is 4.72. The summed E-state index contributed by atoms with van der Waals surface area (Å²) >= 11 is 0. The molecule has 3 rings (SSSR count). The lowest BCUT2D eigenvalue weighted by Crippen LogP contribution is -2.25. The van der Waals surface area contributed by atoms with Crippen molar-refractivity contribution in [1.82, 2.24) is 9.88 Å². The third-order valence-corrected chi connectivity index (χ3v) is 4.72. The normalized spacial score (nSPS) is 13.7. The summed E-state index contributed by atoms with van der Waals surface area (Å²) in [5.74, 6) is -0.889. The average Bonchev–Trinajstić information content (AvgIpc) is 3.00. The van der Waals surface area contributed by atoms with Gasteiger partial charge in [-0.1, -0.05) is 48.5 Å². The van der Waals surface area contributed by atoms with E-state index in [1.54, 1.807) is 0 Å². The maximum absolute atomic E-state index is 12.6. The molecule has 2 unspecified atom stereocenters. The van der Waals surface area contributed by atoms with Crippen LogP contribution in [0.4, 0.5) is 0 Å². The Labute approximate surface area is 159 Å². The lowest BCUT2D eigenvalue weighted by Gasteiger charge is -2.21. The van der Waals surface area contributed by atoms with Gasteiger partial charge in [-0.05, 0) is 32.6 Å². The highest BCUT2D eigenvalue weighted by molar-refractivity contribution is 6.16. The molecule has 0 saturated heterocycles. The molecule has 5 nitrogen and oxygen atoms in total. The minimum Gasteiger partial charge on any atom is -0.387 e. The van der Waals surface area contributed by atoms with Crippen molar-refractivity contribution in [3.05, 3.63) is 71.4 Å². The number of ketones is 1. The Hall–Kier alpha value is -2.76. The van der Waals surface area contributed by atoms with Gasteiger partial charge in [0.25, 0.3) is 0 Å². The van der Waals surface area contributed by atoms with Crippen molar-refractivity contribution in [2.45, 2.75) is 18.9 Å². The number of aliphatic hydroxyl groups excluding tert-OH is 1. The molecule has 2 aromatic carbocycles. The topological polar surface area (TPSA) is 80.2 Å². The summed E-state index contributed by atoms with van der Waals surface area (Å²) in [4.78, 5) is 17.8. The van der Waals surface area contributed by atoms with Gasteiger partial charge in [0.2, 0.25) is 0 Å². The van der Waals surface area contributed by atoms with Gasteiger partial charge >= 0.3 is 0 Å². The molecule has 27 heavy (non-hydrogen) atoms. The van der Waals surface area contributed by atoms with Gasteiger partial charge in [-0.2, -0.15) is 0 Å². The van der Waals surface area contributed by atoms with Crippen molar-refractivity contribution in [2.24, 2.45) is 0 Å². The minimum absolute atomic E-state index is 0.131. The molecule has 3 N–H and O–H groups in total. The number of aliphatic hydroxyl groups is 1. The highest BCUT2D eigenvalue weighted by Crippen LogP contribution is 2.34. The molecule has 0 spiro atoms. The smallest absolute Gasteiger partial charge is 0.144 e. The Morgan fingerprint density at radius 3 is 2.37 bits per heavy atom. The molecule has 0 aliphatic carbocycles. The Balaban J connectivity index is 2.17. The fraction of sp³-hybridized carbons (Fsp3) is 0.273. The lowest BCUT2D eigenvalue weighted by molar-refractivity contribution is -0.117. The number of nitrogens with one attached hydrogen (secondary N) is 2. The van der Waals surface area contributed by atoms with Crippen LogP contribution >= 0.6 is 0 Å². The van der Waals surface area contributed by atoms with Crippen molar-refractivity contribution >= 4 is 22.4 Å². The summed E-state index contributed by atoms with van der Waals surface area (Å²) in [5.41, 5.74) is 3.08. The van der Waals surface area contributed by atoms with Gasteiger partial charge in [0.15, 0.2) is 0 Å². The van der Waals surface area contributed by atoms with Crippen LogP contribution in [0.25, 0.3) is 10.9 Å². The summed E-state index contributed by atoms with van der Waals surface area (Å²) in [6, 6.07) is 16.9. The van der Waals surface area contributed by atoms with Gasteiger partial charge in [0.05, 0.1) is 17.7 Å². The molecule has 0 aliphatic rings. The van der Waals surface area contributed by atoms with Crippen LogP contribution in [0, 0.1) is 5.41 Å². The molecule has 0 aliphatic heterocycles. The van der Waals surface area contributed by atoms with Crippen LogP contribution < -0.4 is 0 Å². The molecule has 0 radical (unpaired) electrons. The Morgan fingerprint density at radius 2 is 1.74 bits per heavy atom. The van der Waals surface area contributed by atoms with E-state index in [1.807, 2.05) is 73.6 Å². The fourth-order valence-corrected chi connectivity index (χ4v) is 3.54. The van der Waals surface area contributed by atoms with Crippen LogP contribution in [0.2, 0.25) is 0 Å². The van der Waals surface area contributed by atoms with Crippen LogP contribution in [0.15, 0.2) is 54.6 Å². The summed E-state index contributed by atoms with van der Waals surface area (Å²) < 4.78 is 0. The molecule has 0 fully saturated rings. The van der Waals surface area contributed by atoms with Crippen molar-refractivity contribution in [1.29, 1.82) is 5.41 Å². The first-order valence-corrected chi connectivity index (χ1v) is 8.97. The lowest BCUT2D eigenvalue weighted by atomic mass is 9.87. The first-order chi connectivity index (χ1) is 12.9. The van der Waals surface area contributed by atoms with Gasteiger partial charge in [0, 0.05) is 28.7 Å². The number of likely N-dealkylation sites (N-methyl/N-ethyl adjacent to an activating group) is 1. The van der Waals surface area contributed by atoms with Gasteiger partial charge in [-0.3, -0.25) is 4.79 Å². The Bertz CT molecular complexity index is 960. The second-order valence-corrected chi connectivity index (χ2v) is 7.10. The quantitative estimate of drug-likeness (QED) is 0.562. The summed E-state index contributed by atoms with van der Waals surface area (Å²) in [7, 11) is 3.79. The zero-order valence-corrected chi connectivity index (χ0v) is 15.9. The van der Waals surface area contributed by atoms with Crippen LogP contribution in [0.1, 0.15) is 35.8 Å². The number of nitrogens with zero attached hydrogens (tertiary/aromatic N) is 1. The number of aromatic amines is 1. The molecule has 2 atom stereocenters. The maximum atomic E-state index is 12.6. The second kappa shape index (κ2) is 7.86. The predicted octanol–water partition coefficient (Wildman–Crippen LogP) is 3.50. The molecule has 0 saturated carbocycles. The van der Waals surface area contributed by atoms with Crippen LogP contribution in [0.5, 0.6) is 0 Å². The first kappa shape index (κ1) is 19.0. The SMILES string of the molecule is CC(=O)C(C(=N)c1ccccc1)c1[nH]c2ccccc2c1C(O)CN(C)C. The van der Waals surface area contributed by atoms with Gasteiger partial charge < -0.3 is 20.4 Å². The average molecular weight is 363 g/mol. The molecule has 5 heteroatoms. The zero-order chi connectivity index (χ0) is 19.6. The fourth-order valence-electron chi connectivity index (χ4n) is 3.54. The largest absolute Gasteiger partial charge is 0.387 e. The molecular weight excluding hydrogens is 338 g/mol. The van der Waals surface area contributed by atoms with Crippen molar-refractivity contribution < 1.29 is 9.90 Å². The van der Waals surface area contributed by atoms with E-state index in [9.17, 15) is 9.90 Å². The van der Waals surface area contributed by atoms with Crippen LogP contribution in [-0.4, -0.2) is 47.1 Å². The monoisotopic (exact) mass is 363 g/mol. The van der Waals surface area contributed by atoms with Crippen molar-refractivity contribution in [3.63, 3.8) is 0 Å². The number of hydrogen-bond acceptors (Lipinski definition) is 4. The van der Waals surface area contributed by atoms with Gasteiger partial charge in [0.1, 0.15) is 5.78 Å². The standard InChI is InChI=1S/C22H25N3O2/c1-14(26)19(21(23)15-9-5-4-6-10-15)22-20(18(27)13-25(2)3)16-11-7-8-12-17(16)24-22/h4-12,18-19,23-24,27H,13H2,1-3H3. The van der Waals surface area contributed by atoms with E-state index < -0.39 is 12.0 Å². The molecule has 1 heterocycles. The number of rotatable bonds is 7. The van der Waals surface area contributed by atoms with E-state index >= 15 is 0 Å². The Morgan fingerprint density at radius 1 is 1.11 bits per heavy atom. The van der Waals surface area contributed by atoms with E-state index in [1.165, 1.54) is 6.92 Å². The highest BCUT2D eigenvalue weighted by Gasteiger charge is 2.31. The number of H-pyrrole nitrogens is 1. The van der Waals surface area contributed by atoms with E-state index in [-0.39, 0.29) is 11.5 Å². The number of carbonyl (C=O) groups excluding carboxylic acids is 1. The second-order valence-electron chi connectivity index (χ2n) is 7.10. The van der Waals surface area contributed by atoms with Gasteiger partial charge in [-0.15, -0.1) is 0 Å². The van der Waals surface area contributed by atoms with Crippen molar-refractivity contribution in [2.75, 3.05) is 20.6 Å². The predicted molar refractivity (Wildman–Crippen MR) is 109 cm³/mol. The molecular formula is C22H25N3O2. The number of benzene rings is 2. The number of hydrogen-bond donors (Lipinski definition) is 3. The summed E-state index contributed by atoms with van der Waals surface area (Å²) in [5, 5.41) is 20.5. The van der Waals surface area contributed by atoms with Crippen molar-refractivity contribution in [3.8, 4) is 0 Å². The van der Waals surface area contributed by atoms with E-state index in [4.69, 9.17) is 5.41 Å². The van der Waals surface area contributed by atoms with Crippen LogP contribution in [0.3, 0.4) is 0 Å². The van der Waals surface area contributed by atoms with E-state index in [0.717, 1.165) is 10.9 Å². The molecule has 1 aromatic heterocycles. The zero-order valence-electron chi connectivity index (χ0n) is 15.9. The summed E-state index contributed by atoms with van der Waals surface area (Å²) in [6.45, 7) is 1.92. The molecule has 0 amide bonds. The Kier molecular flexibility index (Phi) is 5.54. The van der Waals surface area contributed by atoms with Crippen LogP contribution in [-0.2, 0) is 4.79 Å². The minimum atomic E-state index is -0.767. The summed E-state index contributed by atoms with van der Waals surface area (Å²) in [6.07, 6.45) is -0.767. The number of aromatic nitrogens is 1. The first-order valence-electron chi connectivity index (χ1n) is 8.97. The van der Waals surface area contributed by atoms with E-state index in [2.05, 4.69) is 4.98 Å². The van der Waals surface area contributed by atoms with Gasteiger partial charge in [-0.25, -0.2) is 0 Å². The number of fused-ring (bicyclic) bond motifs is 1. The van der Waals surface area contributed by atoms with E-state index in [0.29, 0.717) is 23.4 Å². The third kappa shape index (κ3) is 3.84. The molecule has 140 valence electrons. The number of carbonyl (C=O) groups is 1. The molecule has 0 bridgehead atoms. The highest BCUT2D eigenvalue weighted by atomic mass is 16.3. The number of para-hydroxylation sites is 1. The molecule has 3 aromatic rings. The maximum Gasteiger partial charge on any atom is 0.144 e.